The number of aromatic nitrogens is 1. The summed E-state index contributed by atoms with van der Waals surface area (Å²) in [6.07, 6.45) is -8.44. The van der Waals surface area contributed by atoms with Gasteiger partial charge in [-0.25, -0.2) is 14.2 Å². The number of hydrazone groups is 1. The Morgan fingerprint density at radius 1 is 1.03 bits per heavy atom. The molecule has 2 heterocycles. The van der Waals surface area contributed by atoms with Crippen LogP contribution in [0.5, 0.6) is 0 Å². The minimum Gasteiger partial charge on any atom is -0.306 e. The molecule has 5 nitrogen and oxygen atoms in total. The number of carbonyl (C=O) groups is 1. The van der Waals surface area contributed by atoms with Gasteiger partial charge in [-0.2, -0.15) is 31.4 Å². The number of nitrogens with one attached hydrogen (secondary N) is 1. The Kier molecular flexibility index (Phi) is 4.97. The molecule has 0 saturated carbocycles. The van der Waals surface area contributed by atoms with Gasteiger partial charge >= 0.3 is 24.1 Å². The zero-order chi connectivity index (χ0) is 21.4. The van der Waals surface area contributed by atoms with Gasteiger partial charge in [0, 0.05) is 23.5 Å². The largest absolute Gasteiger partial charge is 0.436 e. The number of hydrogen-bond acceptors (Lipinski definition) is 3. The summed E-state index contributed by atoms with van der Waals surface area (Å²) < 4.78 is 93.0. The Hall–Kier alpha value is -3.18. The van der Waals surface area contributed by atoms with E-state index in [1.54, 1.807) is 12.1 Å². The van der Waals surface area contributed by atoms with Crippen LogP contribution in [0.3, 0.4) is 0 Å². The lowest BCUT2D eigenvalue weighted by molar-refractivity contribution is -0.348. The first-order valence-corrected chi connectivity index (χ1v) is 7.92. The van der Waals surface area contributed by atoms with E-state index in [-0.39, 0.29) is 5.56 Å². The summed E-state index contributed by atoms with van der Waals surface area (Å²) in [6, 6.07) is 4.44. The minimum absolute atomic E-state index is 0.166. The molecule has 0 atom stereocenters. The molecular formula is C17H11F7N4O. The summed E-state index contributed by atoms with van der Waals surface area (Å²) in [4.78, 5) is 16.0. The minimum atomic E-state index is -6.29. The third-order valence-corrected chi connectivity index (χ3v) is 4.12. The number of hydrogen-bond donors (Lipinski definition) is 1. The molecule has 1 aliphatic rings. The second-order valence-corrected chi connectivity index (χ2v) is 6.01. The van der Waals surface area contributed by atoms with Crippen molar-refractivity contribution >= 4 is 17.9 Å². The number of halogens is 7. The van der Waals surface area contributed by atoms with E-state index in [1.165, 1.54) is 18.6 Å². The summed E-state index contributed by atoms with van der Waals surface area (Å²) in [5.41, 5.74) is -7.95. The normalized spacial score (nSPS) is 15.4. The van der Waals surface area contributed by atoms with Crippen molar-refractivity contribution in [3.8, 4) is 0 Å². The second kappa shape index (κ2) is 7.01. The Morgan fingerprint density at radius 2 is 1.72 bits per heavy atom. The summed E-state index contributed by atoms with van der Waals surface area (Å²) in [7, 11) is 0. The van der Waals surface area contributed by atoms with Gasteiger partial charge in [0.05, 0.1) is 18.4 Å². The number of pyridine rings is 1. The molecule has 3 rings (SSSR count). The Morgan fingerprint density at radius 3 is 2.31 bits per heavy atom. The highest BCUT2D eigenvalue weighted by Crippen LogP contribution is 2.55. The molecule has 0 saturated heterocycles. The van der Waals surface area contributed by atoms with Crippen molar-refractivity contribution in [2.75, 3.05) is 5.32 Å². The number of para-hydroxylation sites is 1. The number of fused-ring (bicyclic) bond motifs is 1. The molecule has 12 heteroatoms. The Balaban J connectivity index is 2.01. The van der Waals surface area contributed by atoms with Crippen LogP contribution < -0.4 is 5.32 Å². The zero-order valence-electron chi connectivity index (χ0n) is 14.2. The molecule has 2 amide bonds. The molecule has 0 bridgehead atoms. The van der Waals surface area contributed by atoms with Crippen LogP contribution in [-0.2, 0) is 12.2 Å². The van der Waals surface area contributed by atoms with Crippen LogP contribution in [0.25, 0.3) is 0 Å². The lowest BCUT2D eigenvalue weighted by Gasteiger charge is -2.34. The number of anilines is 1. The number of alkyl halides is 7. The van der Waals surface area contributed by atoms with Crippen LogP contribution in [0.1, 0.15) is 16.7 Å². The van der Waals surface area contributed by atoms with Crippen molar-refractivity contribution in [3.63, 3.8) is 0 Å². The van der Waals surface area contributed by atoms with Gasteiger partial charge < -0.3 is 5.32 Å². The number of urea groups is 1. The molecule has 29 heavy (non-hydrogen) atoms. The third kappa shape index (κ3) is 3.61. The number of benzene rings is 1. The molecule has 0 unspecified atom stereocenters. The number of carbonyl (C=O) groups excluding carboxylic acids is 1. The summed E-state index contributed by atoms with van der Waals surface area (Å²) in [5.74, 6) is 0. The van der Waals surface area contributed by atoms with E-state index in [1.807, 2.05) is 5.32 Å². The monoisotopic (exact) mass is 420 g/mol. The van der Waals surface area contributed by atoms with E-state index in [0.29, 0.717) is 11.6 Å². The predicted octanol–water partition coefficient (Wildman–Crippen LogP) is 4.75. The van der Waals surface area contributed by atoms with Crippen molar-refractivity contribution in [1.29, 1.82) is 0 Å². The quantitative estimate of drug-likeness (QED) is 0.576. The number of nitrogens with zero attached hydrogens (tertiary/aromatic N) is 3. The van der Waals surface area contributed by atoms with Gasteiger partial charge in [0.2, 0.25) is 0 Å². The lowest BCUT2D eigenvalue weighted by Crippen LogP contribution is -2.51. The molecule has 0 spiro atoms. The van der Waals surface area contributed by atoms with E-state index in [0.717, 1.165) is 17.1 Å². The van der Waals surface area contributed by atoms with Gasteiger partial charge in [-0.3, -0.25) is 4.98 Å². The van der Waals surface area contributed by atoms with E-state index in [4.69, 9.17) is 0 Å². The van der Waals surface area contributed by atoms with Crippen molar-refractivity contribution in [2.24, 2.45) is 5.10 Å². The molecule has 1 aromatic heterocycles. The molecule has 1 aliphatic heterocycles. The average molecular weight is 420 g/mol. The van der Waals surface area contributed by atoms with E-state index >= 15 is 0 Å². The van der Waals surface area contributed by atoms with Gasteiger partial charge in [0.1, 0.15) is 0 Å². The fraction of sp³-hybridized carbons (Fsp3) is 0.235. The molecule has 1 aromatic carbocycles. The van der Waals surface area contributed by atoms with Crippen LogP contribution >= 0.6 is 0 Å². The maximum Gasteiger partial charge on any atom is 0.436 e. The smallest absolute Gasteiger partial charge is 0.306 e. The van der Waals surface area contributed by atoms with Crippen LogP contribution in [0, 0.1) is 0 Å². The molecule has 1 N–H and O–H groups in total. The van der Waals surface area contributed by atoms with Crippen molar-refractivity contribution in [1.82, 2.24) is 9.99 Å². The van der Waals surface area contributed by atoms with Gasteiger partial charge in [-0.15, -0.1) is 0 Å². The van der Waals surface area contributed by atoms with Crippen molar-refractivity contribution in [3.05, 3.63) is 59.4 Å². The van der Waals surface area contributed by atoms with Crippen molar-refractivity contribution < 1.29 is 35.5 Å². The first-order chi connectivity index (χ1) is 13.4. The first kappa shape index (κ1) is 20.6. The standard InChI is InChI=1S/C17H11F7N4O/c18-15(16(19,20)21,17(22,23)24)12-5-1-4-11-9-28(14(29)27-13(11)12)26-8-10-3-2-6-25-7-10/h1-8H,9H2,(H,27,29)/b26-8+. The lowest BCUT2D eigenvalue weighted by atomic mass is 9.90. The van der Waals surface area contributed by atoms with Gasteiger partial charge in [-0.1, -0.05) is 24.3 Å². The fourth-order valence-electron chi connectivity index (χ4n) is 2.72. The Bertz CT molecular complexity index is 927. The molecule has 2 aromatic rings. The van der Waals surface area contributed by atoms with E-state index in [2.05, 4.69) is 10.1 Å². The highest BCUT2D eigenvalue weighted by Gasteiger charge is 2.74. The molecular weight excluding hydrogens is 409 g/mol. The van der Waals surface area contributed by atoms with Gasteiger partial charge in [-0.05, 0) is 11.6 Å². The average Bonchev–Trinajstić information content (AvgIpc) is 2.64. The summed E-state index contributed by atoms with van der Waals surface area (Å²) in [5, 5.41) is 6.50. The van der Waals surface area contributed by atoms with Crippen LogP contribution in [0.15, 0.2) is 47.8 Å². The molecule has 0 radical (unpaired) electrons. The third-order valence-electron chi connectivity index (χ3n) is 4.12. The van der Waals surface area contributed by atoms with Crippen LogP contribution in [0.2, 0.25) is 0 Å². The molecule has 0 aliphatic carbocycles. The van der Waals surface area contributed by atoms with Crippen molar-refractivity contribution in [2.45, 2.75) is 24.6 Å². The fourth-order valence-corrected chi connectivity index (χ4v) is 2.72. The number of amides is 2. The maximum atomic E-state index is 14.5. The maximum absolute atomic E-state index is 14.5. The van der Waals surface area contributed by atoms with Gasteiger partial charge in [0.15, 0.2) is 0 Å². The highest BCUT2D eigenvalue weighted by atomic mass is 19.4. The zero-order valence-corrected chi connectivity index (χ0v) is 14.2. The van der Waals surface area contributed by atoms with E-state index in [9.17, 15) is 35.5 Å². The Labute approximate surface area is 158 Å². The summed E-state index contributed by atoms with van der Waals surface area (Å²) >= 11 is 0. The van der Waals surface area contributed by atoms with Gasteiger partial charge in [0.25, 0.3) is 0 Å². The topological polar surface area (TPSA) is 57.6 Å². The highest BCUT2D eigenvalue weighted by molar-refractivity contribution is 5.94. The van der Waals surface area contributed by atoms with Crippen LogP contribution in [0.4, 0.5) is 41.2 Å². The van der Waals surface area contributed by atoms with Crippen LogP contribution in [-0.4, -0.2) is 34.6 Å². The summed E-state index contributed by atoms with van der Waals surface area (Å²) in [6.45, 7) is -0.461. The second-order valence-electron chi connectivity index (χ2n) is 6.01. The predicted molar refractivity (Wildman–Crippen MR) is 87.7 cm³/mol. The first-order valence-electron chi connectivity index (χ1n) is 7.92. The SMILES string of the molecule is O=C1Nc2c(cccc2C(F)(C(F)(F)F)C(F)(F)F)CN1/N=C/c1cccnc1. The molecule has 0 fully saturated rings. The number of rotatable bonds is 3. The molecule has 154 valence electrons. The van der Waals surface area contributed by atoms with E-state index < -0.39 is 41.8 Å².